The van der Waals surface area contributed by atoms with Gasteiger partial charge in [-0.3, -0.25) is 15.0 Å². The monoisotopic (exact) mass is 456 g/mol. The fourth-order valence-electron chi connectivity index (χ4n) is 4.57. The highest BCUT2D eigenvalue weighted by Gasteiger charge is 2.48. The molecule has 3 aromatic rings. The predicted octanol–water partition coefficient (Wildman–Crippen LogP) is 4.87. The van der Waals surface area contributed by atoms with E-state index in [1.54, 1.807) is 24.7 Å². The third-order valence-electron chi connectivity index (χ3n) is 6.20. The Morgan fingerprint density at radius 3 is 2.79 bits per heavy atom. The molecule has 1 aromatic carbocycles. The second-order valence-electron chi connectivity index (χ2n) is 8.24. The van der Waals surface area contributed by atoms with Crippen LogP contribution >= 0.6 is 0 Å². The van der Waals surface area contributed by atoms with Crippen LogP contribution in [0.1, 0.15) is 23.5 Å². The summed E-state index contributed by atoms with van der Waals surface area (Å²) in [5.74, 6) is -0.571. The molecule has 4 heterocycles. The van der Waals surface area contributed by atoms with Gasteiger partial charge in [0.1, 0.15) is 5.76 Å². The minimum Gasteiger partial charge on any atom is -0.456 e. The molecule has 2 N–H and O–H groups in total. The van der Waals surface area contributed by atoms with Gasteiger partial charge < -0.3 is 15.2 Å². The summed E-state index contributed by atoms with van der Waals surface area (Å²) in [6.07, 6.45) is 12.8. The topological polar surface area (TPSA) is 82.6 Å². The number of ether oxygens (including phenoxy) is 2. The molecular weight excluding hydrogens is 438 g/mol. The molecule has 0 bridgehead atoms. The lowest BCUT2D eigenvalue weighted by Crippen LogP contribution is -2.41. The molecule has 2 aromatic heterocycles. The fourth-order valence-corrected chi connectivity index (χ4v) is 4.57. The predicted molar refractivity (Wildman–Crippen MR) is 122 cm³/mol. The van der Waals surface area contributed by atoms with E-state index in [1.165, 1.54) is 12.3 Å². The van der Waals surface area contributed by atoms with Gasteiger partial charge in [0.05, 0.1) is 29.9 Å². The normalized spacial score (nSPS) is 22.5. The van der Waals surface area contributed by atoms with Crippen LogP contribution in [0.25, 0.3) is 11.3 Å². The number of fused-ring (bicyclic) bond motifs is 3. The van der Waals surface area contributed by atoms with Crippen molar-refractivity contribution in [1.82, 2.24) is 9.97 Å². The van der Waals surface area contributed by atoms with Gasteiger partial charge in [-0.1, -0.05) is 12.1 Å². The number of nitrogens with two attached hydrogens (primary N) is 1. The molecule has 34 heavy (non-hydrogen) atoms. The van der Waals surface area contributed by atoms with Gasteiger partial charge in [-0.15, -0.1) is 0 Å². The number of nitrogens with zero attached hydrogens (tertiary/aromatic N) is 3. The van der Waals surface area contributed by atoms with Gasteiger partial charge in [0, 0.05) is 29.4 Å². The first-order valence-corrected chi connectivity index (χ1v) is 10.7. The zero-order valence-corrected chi connectivity index (χ0v) is 17.8. The Kier molecular flexibility index (Phi) is 4.55. The molecule has 0 fully saturated rings. The second-order valence-corrected chi connectivity index (χ2v) is 8.24. The summed E-state index contributed by atoms with van der Waals surface area (Å²) < 4.78 is 39.9. The first kappa shape index (κ1) is 20.3. The van der Waals surface area contributed by atoms with E-state index in [1.807, 2.05) is 24.4 Å². The van der Waals surface area contributed by atoms with Gasteiger partial charge in [-0.2, -0.15) is 0 Å². The average Bonchev–Trinajstić information content (AvgIpc) is 2.86. The number of allylic oxidation sites excluding steroid dienone is 2. The first-order valence-electron chi connectivity index (χ1n) is 10.7. The summed E-state index contributed by atoms with van der Waals surface area (Å²) in [7, 11) is 0. The molecule has 6 rings (SSSR count). The van der Waals surface area contributed by atoms with Crippen molar-refractivity contribution >= 4 is 6.21 Å². The van der Waals surface area contributed by atoms with Gasteiger partial charge in [-0.05, 0) is 48.4 Å². The van der Waals surface area contributed by atoms with Crippen LogP contribution in [0, 0.1) is 11.6 Å². The summed E-state index contributed by atoms with van der Waals surface area (Å²) in [6, 6.07) is 9.31. The second kappa shape index (κ2) is 7.62. The van der Waals surface area contributed by atoms with Crippen LogP contribution in [0.5, 0.6) is 5.75 Å². The third-order valence-corrected chi connectivity index (χ3v) is 6.20. The Balaban J connectivity index is 1.49. The van der Waals surface area contributed by atoms with Crippen molar-refractivity contribution in [2.24, 2.45) is 10.7 Å². The number of pyridine rings is 2. The van der Waals surface area contributed by atoms with E-state index in [-0.39, 0.29) is 11.8 Å². The lowest BCUT2D eigenvalue weighted by Gasteiger charge is -2.41. The van der Waals surface area contributed by atoms with Gasteiger partial charge in [0.15, 0.2) is 23.0 Å². The molecule has 6 nitrogen and oxygen atoms in total. The van der Waals surface area contributed by atoms with Crippen molar-refractivity contribution in [2.45, 2.75) is 17.9 Å². The van der Waals surface area contributed by atoms with Gasteiger partial charge in [0.25, 0.3) is 0 Å². The van der Waals surface area contributed by atoms with Crippen LogP contribution in [0.15, 0.2) is 95.5 Å². The minimum absolute atomic E-state index is 0.0473. The Labute approximate surface area is 193 Å². The van der Waals surface area contributed by atoms with Crippen LogP contribution in [-0.2, 0) is 10.3 Å². The SMILES string of the molecule is NC1=CN=C[C@]2(O1)C1=C(C=CC(c3cccnc3)C1)Oc1cnc(-c3ccc(F)c(F)c3)cc12. The Hall–Kier alpha value is -4.33. The van der Waals surface area contributed by atoms with Crippen LogP contribution in [0.2, 0.25) is 0 Å². The number of halogens is 2. The zero-order chi connectivity index (χ0) is 23.3. The summed E-state index contributed by atoms with van der Waals surface area (Å²) in [5, 5.41) is 0. The molecule has 0 saturated heterocycles. The Bertz CT molecular complexity index is 1430. The van der Waals surface area contributed by atoms with Crippen LogP contribution < -0.4 is 10.5 Å². The standard InChI is InChI=1S/C26H18F2N4O2/c27-20-5-3-16(9-21(20)28)22-10-19-24(12-32-22)33-23-6-4-15(17-2-1-7-30-11-17)8-18(23)26(19)14-31-13-25(29)34-26/h1-7,9-15H,8,29H2/t15?,26-/m0/s1. The van der Waals surface area contributed by atoms with Crippen LogP contribution in [0.4, 0.5) is 8.78 Å². The van der Waals surface area contributed by atoms with Crippen molar-refractivity contribution in [3.63, 3.8) is 0 Å². The summed E-state index contributed by atoms with van der Waals surface area (Å²) >= 11 is 0. The average molecular weight is 456 g/mol. The number of rotatable bonds is 2. The van der Waals surface area contributed by atoms with Crippen molar-refractivity contribution in [3.8, 4) is 17.0 Å². The maximum Gasteiger partial charge on any atom is 0.204 e. The fraction of sp³-hybridized carbons (Fsp3) is 0.115. The van der Waals surface area contributed by atoms with E-state index < -0.39 is 17.2 Å². The highest BCUT2D eigenvalue weighted by Crippen LogP contribution is 2.51. The smallest absolute Gasteiger partial charge is 0.204 e. The summed E-state index contributed by atoms with van der Waals surface area (Å²) in [5.41, 5.74) is 8.33. The number of aliphatic imine (C=N–C) groups is 1. The van der Waals surface area contributed by atoms with E-state index in [2.05, 4.69) is 21.0 Å². The molecule has 1 aliphatic carbocycles. The quantitative estimate of drug-likeness (QED) is 0.595. The molecule has 2 aliphatic heterocycles. The minimum atomic E-state index is -1.14. The highest BCUT2D eigenvalue weighted by atomic mass is 19.2. The molecule has 0 amide bonds. The molecule has 168 valence electrons. The van der Waals surface area contributed by atoms with E-state index in [0.29, 0.717) is 34.8 Å². The molecule has 3 aliphatic rings. The lowest BCUT2D eigenvalue weighted by atomic mass is 9.75. The third kappa shape index (κ3) is 3.18. The van der Waals surface area contributed by atoms with Gasteiger partial charge in [0.2, 0.25) is 5.88 Å². The molecular formula is C26H18F2N4O2. The van der Waals surface area contributed by atoms with E-state index in [4.69, 9.17) is 15.2 Å². The lowest BCUT2D eigenvalue weighted by molar-refractivity contribution is 0.0746. The molecule has 2 atom stereocenters. The Morgan fingerprint density at radius 1 is 1.09 bits per heavy atom. The number of hydrogen-bond donors (Lipinski definition) is 1. The number of hydrogen-bond acceptors (Lipinski definition) is 6. The van der Waals surface area contributed by atoms with E-state index in [9.17, 15) is 8.78 Å². The molecule has 0 radical (unpaired) electrons. The van der Waals surface area contributed by atoms with Gasteiger partial charge >= 0.3 is 0 Å². The molecule has 8 heteroatoms. The molecule has 1 spiro atoms. The first-order chi connectivity index (χ1) is 16.5. The van der Waals surface area contributed by atoms with Crippen LogP contribution in [0.3, 0.4) is 0 Å². The molecule has 1 unspecified atom stereocenters. The van der Waals surface area contributed by atoms with E-state index >= 15 is 0 Å². The van der Waals surface area contributed by atoms with Crippen LogP contribution in [-0.4, -0.2) is 16.2 Å². The van der Waals surface area contributed by atoms with Crippen molar-refractivity contribution in [1.29, 1.82) is 0 Å². The molecule has 0 saturated carbocycles. The van der Waals surface area contributed by atoms with Crippen molar-refractivity contribution in [3.05, 3.63) is 113 Å². The maximum atomic E-state index is 13.9. The van der Waals surface area contributed by atoms with Gasteiger partial charge in [-0.25, -0.2) is 8.78 Å². The summed E-state index contributed by atoms with van der Waals surface area (Å²) in [6.45, 7) is 0. The Morgan fingerprint density at radius 2 is 2.00 bits per heavy atom. The largest absolute Gasteiger partial charge is 0.456 e. The zero-order valence-electron chi connectivity index (χ0n) is 17.8. The number of aromatic nitrogens is 2. The number of benzene rings is 1. The van der Waals surface area contributed by atoms with Crippen molar-refractivity contribution < 1.29 is 18.3 Å². The maximum absolute atomic E-state index is 13.9. The van der Waals surface area contributed by atoms with E-state index in [0.717, 1.165) is 23.3 Å². The summed E-state index contributed by atoms with van der Waals surface area (Å²) in [4.78, 5) is 13.0. The highest BCUT2D eigenvalue weighted by molar-refractivity contribution is 5.82. The van der Waals surface area contributed by atoms with Crippen molar-refractivity contribution in [2.75, 3.05) is 0 Å².